The van der Waals surface area contributed by atoms with Gasteiger partial charge in [-0.3, -0.25) is 4.79 Å². The molecule has 21 heavy (non-hydrogen) atoms. The highest BCUT2D eigenvalue weighted by Crippen LogP contribution is 2.23. The zero-order valence-electron chi connectivity index (χ0n) is 11.2. The van der Waals surface area contributed by atoms with Crippen LogP contribution < -0.4 is 10.1 Å². The molecule has 0 saturated carbocycles. The highest BCUT2D eigenvalue weighted by Gasteiger charge is 2.08. The average molecular weight is 284 g/mol. The summed E-state index contributed by atoms with van der Waals surface area (Å²) in [6.07, 6.45) is 0.0599. The molecular weight excluding hydrogens is 271 g/mol. The summed E-state index contributed by atoms with van der Waals surface area (Å²) < 4.78 is 18.3. The molecule has 2 aromatic rings. The Bertz CT molecular complexity index is 680. The molecule has 0 aliphatic carbocycles. The van der Waals surface area contributed by atoms with E-state index in [0.29, 0.717) is 17.0 Å². The molecule has 0 aliphatic rings. The summed E-state index contributed by atoms with van der Waals surface area (Å²) in [5, 5.41) is 11.2. The van der Waals surface area contributed by atoms with Gasteiger partial charge in [-0.05, 0) is 29.8 Å². The number of nitrogens with one attached hydrogen (secondary N) is 1. The summed E-state index contributed by atoms with van der Waals surface area (Å²) in [6, 6.07) is 14.6. The predicted octanol–water partition coefficient (Wildman–Crippen LogP) is 2.91. The third-order valence-electron chi connectivity index (χ3n) is 2.71. The molecule has 0 heterocycles. The van der Waals surface area contributed by atoms with E-state index in [1.165, 1.54) is 12.1 Å². The lowest BCUT2D eigenvalue weighted by Crippen LogP contribution is -2.15. The van der Waals surface area contributed by atoms with Gasteiger partial charge in [-0.15, -0.1) is 0 Å². The molecule has 0 unspecified atom stereocenters. The number of nitrogens with zero attached hydrogens (tertiary/aromatic N) is 1. The number of nitriles is 1. The zero-order valence-corrected chi connectivity index (χ0v) is 11.2. The lowest BCUT2D eigenvalue weighted by atomic mass is 10.1. The number of rotatable bonds is 5. The molecule has 0 bridgehead atoms. The molecule has 0 aromatic heterocycles. The summed E-state index contributed by atoms with van der Waals surface area (Å²) in [6.45, 7) is -0.100. The standard InChI is InChI=1S/C16H13FN2O2/c17-13-5-3-4-12(10-13)11-16(20)19-14-6-1-2-7-15(14)21-9-8-18/h1-7,10H,9,11H2,(H,19,20). The molecule has 0 spiro atoms. The van der Waals surface area contributed by atoms with Crippen LogP contribution in [0.3, 0.4) is 0 Å². The monoisotopic (exact) mass is 284 g/mol. The molecular formula is C16H13FN2O2. The first-order chi connectivity index (χ1) is 10.2. The Morgan fingerprint density at radius 2 is 2.05 bits per heavy atom. The van der Waals surface area contributed by atoms with Crippen molar-refractivity contribution < 1.29 is 13.9 Å². The van der Waals surface area contributed by atoms with Gasteiger partial charge in [0.15, 0.2) is 6.61 Å². The number of amides is 1. The van der Waals surface area contributed by atoms with Gasteiger partial charge in [0, 0.05) is 0 Å². The Balaban J connectivity index is 2.04. The van der Waals surface area contributed by atoms with Crippen molar-refractivity contribution in [3.05, 3.63) is 59.9 Å². The van der Waals surface area contributed by atoms with Crippen LogP contribution in [0.2, 0.25) is 0 Å². The molecule has 0 aliphatic heterocycles. The second kappa shape index (κ2) is 7.06. The second-order valence-electron chi connectivity index (χ2n) is 4.30. The Morgan fingerprint density at radius 1 is 1.24 bits per heavy atom. The van der Waals surface area contributed by atoms with Gasteiger partial charge in [0.25, 0.3) is 0 Å². The lowest BCUT2D eigenvalue weighted by Gasteiger charge is -2.10. The van der Waals surface area contributed by atoms with Crippen LogP contribution in [0.25, 0.3) is 0 Å². The van der Waals surface area contributed by atoms with E-state index in [0.717, 1.165) is 0 Å². The number of hydrogen-bond donors (Lipinski definition) is 1. The van der Waals surface area contributed by atoms with Crippen LogP contribution in [-0.4, -0.2) is 12.5 Å². The van der Waals surface area contributed by atoms with Crippen LogP contribution in [-0.2, 0) is 11.2 Å². The topological polar surface area (TPSA) is 62.1 Å². The zero-order chi connectivity index (χ0) is 15.1. The third-order valence-corrected chi connectivity index (χ3v) is 2.71. The third kappa shape index (κ3) is 4.32. The summed E-state index contributed by atoms with van der Waals surface area (Å²) in [5.41, 5.74) is 1.07. The maximum atomic E-state index is 13.1. The van der Waals surface area contributed by atoms with E-state index in [9.17, 15) is 9.18 Å². The van der Waals surface area contributed by atoms with E-state index in [-0.39, 0.29) is 24.8 Å². The molecule has 4 nitrogen and oxygen atoms in total. The predicted molar refractivity (Wildman–Crippen MR) is 76.3 cm³/mol. The van der Waals surface area contributed by atoms with Crippen molar-refractivity contribution in [1.29, 1.82) is 5.26 Å². The maximum absolute atomic E-state index is 13.1. The van der Waals surface area contributed by atoms with Crippen molar-refractivity contribution in [3.63, 3.8) is 0 Å². The molecule has 5 heteroatoms. The van der Waals surface area contributed by atoms with Crippen molar-refractivity contribution in [2.45, 2.75) is 6.42 Å². The van der Waals surface area contributed by atoms with Gasteiger partial charge in [-0.2, -0.15) is 5.26 Å². The largest absolute Gasteiger partial charge is 0.477 e. The highest BCUT2D eigenvalue weighted by atomic mass is 19.1. The number of anilines is 1. The molecule has 0 radical (unpaired) electrons. The first kappa shape index (κ1) is 14.5. The van der Waals surface area contributed by atoms with E-state index in [4.69, 9.17) is 10.00 Å². The number of carbonyl (C=O) groups is 1. The second-order valence-corrected chi connectivity index (χ2v) is 4.30. The number of hydrogen-bond acceptors (Lipinski definition) is 3. The Labute approximate surface area is 121 Å². The van der Waals surface area contributed by atoms with Crippen LogP contribution in [0, 0.1) is 17.1 Å². The maximum Gasteiger partial charge on any atom is 0.228 e. The molecule has 106 valence electrons. The Kier molecular flexibility index (Phi) is 4.89. The Morgan fingerprint density at radius 3 is 2.81 bits per heavy atom. The van der Waals surface area contributed by atoms with Crippen LogP contribution in [0.5, 0.6) is 5.75 Å². The SMILES string of the molecule is N#CCOc1ccccc1NC(=O)Cc1cccc(F)c1. The van der Waals surface area contributed by atoms with E-state index in [1.807, 2.05) is 6.07 Å². The number of halogens is 1. The van der Waals surface area contributed by atoms with Gasteiger partial charge in [0.1, 0.15) is 17.6 Å². The van der Waals surface area contributed by atoms with Crippen LogP contribution in [0.15, 0.2) is 48.5 Å². The van der Waals surface area contributed by atoms with Crippen molar-refractivity contribution in [2.24, 2.45) is 0 Å². The van der Waals surface area contributed by atoms with Crippen LogP contribution >= 0.6 is 0 Å². The first-order valence-corrected chi connectivity index (χ1v) is 6.32. The van der Waals surface area contributed by atoms with Gasteiger partial charge in [-0.1, -0.05) is 24.3 Å². The molecule has 1 amide bonds. The normalized spacial score (nSPS) is 9.71. The van der Waals surface area contributed by atoms with Crippen LogP contribution in [0.1, 0.15) is 5.56 Å². The average Bonchev–Trinajstić information content (AvgIpc) is 2.46. The fourth-order valence-electron chi connectivity index (χ4n) is 1.83. The molecule has 0 fully saturated rings. The van der Waals surface area contributed by atoms with E-state index < -0.39 is 0 Å². The fraction of sp³-hybridized carbons (Fsp3) is 0.125. The minimum atomic E-state index is -0.377. The number of ether oxygens (including phenoxy) is 1. The van der Waals surface area contributed by atoms with Gasteiger partial charge in [0.05, 0.1) is 12.1 Å². The molecule has 2 rings (SSSR count). The van der Waals surface area contributed by atoms with Crippen molar-refractivity contribution >= 4 is 11.6 Å². The fourth-order valence-corrected chi connectivity index (χ4v) is 1.83. The lowest BCUT2D eigenvalue weighted by molar-refractivity contribution is -0.115. The van der Waals surface area contributed by atoms with E-state index >= 15 is 0 Å². The van der Waals surface area contributed by atoms with E-state index in [2.05, 4.69) is 5.32 Å². The number of benzene rings is 2. The Hall–Kier alpha value is -2.87. The van der Waals surface area contributed by atoms with Crippen molar-refractivity contribution in [3.8, 4) is 11.8 Å². The van der Waals surface area contributed by atoms with Gasteiger partial charge >= 0.3 is 0 Å². The molecule has 0 saturated heterocycles. The minimum Gasteiger partial charge on any atom is -0.477 e. The highest BCUT2D eigenvalue weighted by molar-refractivity contribution is 5.93. The van der Waals surface area contributed by atoms with Crippen molar-refractivity contribution in [2.75, 3.05) is 11.9 Å². The molecule has 0 atom stereocenters. The summed E-state index contributed by atoms with van der Waals surface area (Å²) >= 11 is 0. The van der Waals surface area contributed by atoms with Crippen LogP contribution in [0.4, 0.5) is 10.1 Å². The summed E-state index contributed by atoms with van der Waals surface area (Å²) in [5.74, 6) is -0.238. The smallest absolute Gasteiger partial charge is 0.228 e. The minimum absolute atomic E-state index is 0.0599. The number of carbonyl (C=O) groups excluding carboxylic acids is 1. The van der Waals surface area contributed by atoms with Gasteiger partial charge in [0.2, 0.25) is 5.91 Å². The van der Waals surface area contributed by atoms with E-state index in [1.54, 1.807) is 36.4 Å². The van der Waals surface area contributed by atoms with Crippen molar-refractivity contribution in [1.82, 2.24) is 0 Å². The number of para-hydroxylation sites is 2. The molecule has 2 aromatic carbocycles. The quantitative estimate of drug-likeness (QED) is 0.918. The van der Waals surface area contributed by atoms with Gasteiger partial charge < -0.3 is 10.1 Å². The summed E-state index contributed by atoms with van der Waals surface area (Å²) in [4.78, 5) is 12.0. The summed E-state index contributed by atoms with van der Waals surface area (Å²) in [7, 11) is 0. The first-order valence-electron chi connectivity index (χ1n) is 6.32. The van der Waals surface area contributed by atoms with Gasteiger partial charge in [-0.25, -0.2) is 4.39 Å². The molecule has 1 N–H and O–H groups in total.